The third-order valence-corrected chi connectivity index (χ3v) is 4.91. The van der Waals surface area contributed by atoms with Crippen LogP contribution in [0.2, 0.25) is 0 Å². The molecule has 0 atom stereocenters. The molecule has 0 saturated heterocycles. The van der Waals surface area contributed by atoms with Gasteiger partial charge in [-0.05, 0) is 54.6 Å². The van der Waals surface area contributed by atoms with E-state index >= 15 is 0 Å². The van der Waals surface area contributed by atoms with Crippen molar-refractivity contribution < 1.29 is 0 Å². The van der Waals surface area contributed by atoms with Gasteiger partial charge in [0.15, 0.2) is 0 Å². The summed E-state index contributed by atoms with van der Waals surface area (Å²) in [5.74, 6) is 0. The molecule has 0 amide bonds. The summed E-state index contributed by atoms with van der Waals surface area (Å²) in [7, 11) is 0. The number of thiophene rings is 2. The molecule has 0 spiro atoms. The normalized spacial score (nSPS) is 10.8. The molecule has 3 rings (SSSR count). The van der Waals surface area contributed by atoms with E-state index < -0.39 is 0 Å². The van der Waals surface area contributed by atoms with Gasteiger partial charge in [0, 0.05) is 26.9 Å². The first-order valence-electron chi connectivity index (χ1n) is 5.80. The standard InChI is InChI=1S/C15H13NS2/c1-10-7-15(18-11(10)2)12-3-5-16-14(8-12)13-4-6-17-9-13/h3-9H,1-2H3. The van der Waals surface area contributed by atoms with E-state index in [1.54, 1.807) is 11.3 Å². The highest BCUT2D eigenvalue weighted by atomic mass is 32.1. The van der Waals surface area contributed by atoms with Crippen molar-refractivity contribution in [2.75, 3.05) is 0 Å². The molecule has 0 radical (unpaired) electrons. The van der Waals surface area contributed by atoms with Gasteiger partial charge < -0.3 is 0 Å². The maximum absolute atomic E-state index is 4.45. The van der Waals surface area contributed by atoms with Crippen molar-refractivity contribution in [3.63, 3.8) is 0 Å². The number of nitrogens with zero attached hydrogens (tertiary/aromatic N) is 1. The maximum atomic E-state index is 4.45. The summed E-state index contributed by atoms with van der Waals surface area (Å²) in [6.07, 6.45) is 1.90. The molecule has 3 aromatic heterocycles. The summed E-state index contributed by atoms with van der Waals surface area (Å²) in [6, 6.07) is 8.63. The SMILES string of the molecule is Cc1cc(-c2ccnc(-c3ccsc3)c2)sc1C. The Labute approximate surface area is 115 Å². The minimum atomic E-state index is 1.05. The highest BCUT2D eigenvalue weighted by molar-refractivity contribution is 7.15. The zero-order chi connectivity index (χ0) is 12.5. The third kappa shape index (κ3) is 2.11. The lowest BCUT2D eigenvalue weighted by Crippen LogP contribution is -1.81. The van der Waals surface area contributed by atoms with Crippen LogP contribution in [0.25, 0.3) is 21.7 Å². The van der Waals surface area contributed by atoms with E-state index in [1.807, 2.05) is 17.5 Å². The van der Waals surface area contributed by atoms with Gasteiger partial charge in [0.25, 0.3) is 0 Å². The van der Waals surface area contributed by atoms with Crippen LogP contribution in [0.15, 0.2) is 41.2 Å². The fourth-order valence-corrected chi connectivity index (χ4v) is 3.55. The van der Waals surface area contributed by atoms with Gasteiger partial charge in [0.05, 0.1) is 5.69 Å². The number of rotatable bonds is 2. The van der Waals surface area contributed by atoms with Crippen molar-refractivity contribution in [2.24, 2.45) is 0 Å². The highest BCUT2D eigenvalue weighted by Crippen LogP contribution is 2.32. The molecule has 0 saturated carbocycles. The van der Waals surface area contributed by atoms with Gasteiger partial charge in [-0.1, -0.05) is 0 Å². The van der Waals surface area contributed by atoms with Gasteiger partial charge in [0.2, 0.25) is 0 Å². The second-order valence-corrected chi connectivity index (χ2v) is 6.33. The Morgan fingerprint density at radius 3 is 2.61 bits per heavy atom. The first kappa shape index (κ1) is 11.6. The van der Waals surface area contributed by atoms with Gasteiger partial charge in [-0.2, -0.15) is 11.3 Å². The van der Waals surface area contributed by atoms with E-state index in [4.69, 9.17) is 0 Å². The molecule has 0 aliphatic heterocycles. The summed E-state index contributed by atoms with van der Waals surface area (Å²) >= 11 is 3.55. The molecule has 0 aromatic carbocycles. The fourth-order valence-electron chi connectivity index (χ4n) is 1.87. The topological polar surface area (TPSA) is 12.9 Å². The molecule has 3 heteroatoms. The second-order valence-electron chi connectivity index (χ2n) is 4.29. The van der Waals surface area contributed by atoms with Crippen molar-refractivity contribution in [1.29, 1.82) is 0 Å². The van der Waals surface area contributed by atoms with Crippen LogP contribution >= 0.6 is 22.7 Å². The minimum absolute atomic E-state index is 1.05. The van der Waals surface area contributed by atoms with E-state index in [1.165, 1.54) is 26.4 Å². The third-order valence-electron chi connectivity index (χ3n) is 3.03. The molecular formula is C15H13NS2. The smallest absolute Gasteiger partial charge is 0.0716 e. The highest BCUT2D eigenvalue weighted by Gasteiger charge is 2.06. The summed E-state index contributed by atoms with van der Waals surface area (Å²) in [5.41, 5.74) is 4.88. The van der Waals surface area contributed by atoms with Crippen molar-refractivity contribution in [3.8, 4) is 21.7 Å². The van der Waals surface area contributed by atoms with Crippen LogP contribution in [0, 0.1) is 13.8 Å². The molecule has 0 N–H and O–H groups in total. The first-order valence-corrected chi connectivity index (χ1v) is 7.56. The molecule has 18 heavy (non-hydrogen) atoms. The molecule has 90 valence electrons. The predicted molar refractivity (Wildman–Crippen MR) is 80.3 cm³/mol. The molecular weight excluding hydrogens is 258 g/mol. The van der Waals surface area contributed by atoms with Gasteiger partial charge in [-0.15, -0.1) is 11.3 Å². The monoisotopic (exact) mass is 271 g/mol. The summed E-state index contributed by atoms with van der Waals surface area (Å²) < 4.78 is 0. The number of pyridine rings is 1. The van der Waals surface area contributed by atoms with Crippen molar-refractivity contribution in [1.82, 2.24) is 4.98 Å². The largest absolute Gasteiger partial charge is 0.256 e. The molecule has 3 aromatic rings. The Morgan fingerprint density at radius 2 is 1.94 bits per heavy atom. The Kier molecular flexibility index (Phi) is 3.02. The molecule has 3 heterocycles. The zero-order valence-electron chi connectivity index (χ0n) is 10.3. The van der Waals surface area contributed by atoms with Gasteiger partial charge >= 0.3 is 0 Å². The Morgan fingerprint density at radius 1 is 1.06 bits per heavy atom. The van der Waals surface area contributed by atoms with E-state index in [0.29, 0.717) is 0 Å². The average molecular weight is 271 g/mol. The van der Waals surface area contributed by atoms with Gasteiger partial charge in [-0.3, -0.25) is 4.98 Å². The Hall–Kier alpha value is -1.45. The van der Waals surface area contributed by atoms with Crippen LogP contribution < -0.4 is 0 Å². The van der Waals surface area contributed by atoms with Crippen molar-refractivity contribution in [3.05, 3.63) is 51.7 Å². The lowest BCUT2D eigenvalue weighted by Gasteiger charge is -2.00. The van der Waals surface area contributed by atoms with Crippen LogP contribution in [-0.2, 0) is 0 Å². The van der Waals surface area contributed by atoms with E-state index in [0.717, 1.165) is 5.69 Å². The number of hydrogen-bond donors (Lipinski definition) is 0. The lowest BCUT2D eigenvalue weighted by molar-refractivity contribution is 1.33. The van der Waals surface area contributed by atoms with Crippen molar-refractivity contribution >= 4 is 22.7 Å². The molecule has 0 bridgehead atoms. The summed E-state index contributed by atoms with van der Waals surface area (Å²) in [4.78, 5) is 7.16. The molecule has 0 fully saturated rings. The Bertz CT molecular complexity index is 646. The Balaban J connectivity index is 2.06. The fraction of sp³-hybridized carbons (Fsp3) is 0.133. The van der Waals surface area contributed by atoms with Crippen LogP contribution in [0.4, 0.5) is 0 Å². The summed E-state index contributed by atoms with van der Waals surface area (Å²) in [5, 5.41) is 4.22. The van der Waals surface area contributed by atoms with Crippen molar-refractivity contribution in [2.45, 2.75) is 13.8 Å². The van der Waals surface area contributed by atoms with Gasteiger partial charge in [-0.25, -0.2) is 0 Å². The molecule has 0 aliphatic rings. The van der Waals surface area contributed by atoms with Crippen LogP contribution in [-0.4, -0.2) is 4.98 Å². The second kappa shape index (κ2) is 4.67. The van der Waals surface area contributed by atoms with Crippen LogP contribution in [0.1, 0.15) is 10.4 Å². The maximum Gasteiger partial charge on any atom is 0.0716 e. The van der Waals surface area contributed by atoms with Gasteiger partial charge in [0.1, 0.15) is 0 Å². The quantitative estimate of drug-likeness (QED) is 0.627. The van der Waals surface area contributed by atoms with Crippen LogP contribution in [0.3, 0.4) is 0 Å². The molecule has 0 unspecified atom stereocenters. The van der Waals surface area contributed by atoms with E-state index in [9.17, 15) is 0 Å². The molecule has 0 aliphatic carbocycles. The van der Waals surface area contributed by atoms with E-state index in [2.05, 4.69) is 53.9 Å². The van der Waals surface area contributed by atoms with Crippen LogP contribution in [0.5, 0.6) is 0 Å². The van der Waals surface area contributed by atoms with E-state index in [-0.39, 0.29) is 0 Å². The summed E-state index contributed by atoms with van der Waals surface area (Å²) in [6.45, 7) is 4.33. The minimum Gasteiger partial charge on any atom is -0.256 e. The zero-order valence-corrected chi connectivity index (χ0v) is 11.9. The molecule has 1 nitrogen and oxygen atoms in total. The first-order chi connectivity index (χ1) is 8.74. The number of hydrogen-bond acceptors (Lipinski definition) is 3. The number of aryl methyl sites for hydroxylation is 2. The predicted octanol–water partition coefficient (Wildman–Crippen LogP) is 5.16. The lowest BCUT2D eigenvalue weighted by atomic mass is 10.1. The average Bonchev–Trinajstić information content (AvgIpc) is 3.01. The number of aromatic nitrogens is 1.